The molecule has 3 heterocycles. The molecule has 140 valence electrons. The summed E-state index contributed by atoms with van der Waals surface area (Å²) in [7, 11) is 1.84. The van der Waals surface area contributed by atoms with E-state index in [9.17, 15) is 0 Å². The Morgan fingerprint density at radius 3 is 3.08 bits per heavy atom. The van der Waals surface area contributed by atoms with Gasteiger partial charge in [-0.2, -0.15) is 0 Å². The molecule has 0 amide bonds. The fourth-order valence-corrected chi connectivity index (χ4v) is 4.62. The van der Waals surface area contributed by atoms with E-state index < -0.39 is 0 Å². The number of hydrogen-bond donors (Lipinski definition) is 3. The van der Waals surface area contributed by atoms with Crippen molar-refractivity contribution in [2.75, 3.05) is 19.3 Å². The topological polar surface area (TPSA) is 76.4 Å². The molecular weight excluding hydrogens is 364 g/mol. The van der Waals surface area contributed by atoms with Crippen LogP contribution in [0.25, 0.3) is 0 Å². The zero-order valence-corrected chi connectivity index (χ0v) is 17.1. The minimum absolute atomic E-state index is 0.0452. The van der Waals surface area contributed by atoms with Gasteiger partial charge in [0.1, 0.15) is 0 Å². The van der Waals surface area contributed by atoms with E-state index in [4.69, 9.17) is 10.4 Å². The number of aromatic nitrogens is 1. The Kier molecular flexibility index (Phi) is 6.50. The van der Waals surface area contributed by atoms with Crippen molar-refractivity contribution in [3.63, 3.8) is 0 Å². The molecule has 26 heavy (non-hydrogen) atoms. The predicted molar refractivity (Wildman–Crippen MR) is 112 cm³/mol. The maximum absolute atomic E-state index is 8.52. The van der Waals surface area contributed by atoms with Crippen molar-refractivity contribution in [2.45, 2.75) is 38.8 Å². The number of hydrogen-bond acceptors (Lipinski definition) is 8. The van der Waals surface area contributed by atoms with Crippen LogP contribution >= 0.6 is 23.3 Å². The largest absolute Gasteiger partial charge is 0.394 e. The standard InChI is InChI=1S/C18H26N6S2/c1-4-8-26-23-13-10-15-16(14(19)5-6-20-3)12(2)22-17(24(15)11-13)18-21-7-9-25-18/h5-7,9,12-13,19-20,23H,4,8,10-11H2,1-3H3/b6-5-,19-14?. The lowest BCUT2D eigenvalue weighted by atomic mass is 9.97. The zero-order valence-electron chi connectivity index (χ0n) is 15.5. The van der Waals surface area contributed by atoms with Crippen molar-refractivity contribution in [1.29, 1.82) is 5.41 Å². The van der Waals surface area contributed by atoms with Crippen LogP contribution in [0.15, 0.2) is 40.1 Å². The van der Waals surface area contributed by atoms with Crippen LogP contribution in [0.2, 0.25) is 0 Å². The Morgan fingerprint density at radius 2 is 2.38 bits per heavy atom. The highest BCUT2D eigenvalue weighted by atomic mass is 32.2. The van der Waals surface area contributed by atoms with Crippen LogP contribution in [-0.2, 0) is 0 Å². The van der Waals surface area contributed by atoms with Crippen molar-refractivity contribution in [2.24, 2.45) is 4.99 Å². The first-order chi connectivity index (χ1) is 12.7. The van der Waals surface area contributed by atoms with Crippen molar-refractivity contribution in [1.82, 2.24) is 19.9 Å². The molecule has 6 nitrogen and oxygen atoms in total. The lowest BCUT2D eigenvalue weighted by molar-refractivity contribution is 0.531. The van der Waals surface area contributed by atoms with Crippen LogP contribution < -0.4 is 10.0 Å². The molecule has 1 aromatic heterocycles. The van der Waals surface area contributed by atoms with E-state index in [1.54, 1.807) is 29.5 Å². The molecule has 1 fully saturated rings. The molecule has 1 aromatic rings. The normalized spacial score (nSPS) is 22.7. The van der Waals surface area contributed by atoms with Crippen LogP contribution in [0.5, 0.6) is 0 Å². The molecule has 0 aromatic carbocycles. The molecule has 3 N–H and O–H groups in total. The first kappa shape index (κ1) is 19.1. The van der Waals surface area contributed by atoms with Crippen LogP contribution in [0.4, 0.5) is 0 Å². The number of thiazole rings is 1. The average Bonchev–Trinajstić information content (AvgIpc) is 3.29. The average molecular weight is 391 g/mol. The van der Waals surface area contributed by atoms with Crippen LogP contribution in [0.1, 0.15) is 31.7 Å². The second-order valence-electron chi connectivity index (χ2n) is 6.34. The molecule has 0 spiro atoms. The molecule has 1 saturated heterocycles. The lowest BCUT2D eigenvalue weighted by Crippen LogP contribution is -2.37. The van der Waals surface area contributed by atoms with Crippen LogP contribution in [0.3, 0.4) is 0 Å². The third kappa shape index (κ3) is 4.02. The highest BCUT2D eigenvalue weighted by molar-refractivity contribution is 7.97. The molecule has 0 aliphatic carbocycles. The fourth-order valence-electron chi connectivity index (χ4n) is 3.27. The fraction of sp³-hybridized carbons (Fsp3) is 0.500. The molecular formula is C18H26N6S2. The summed E-state index contributed by atoms with van der Waals surface area (Å²) in [4.78, 5) is 11.7. The van der Waals surface area contributed by atoms with E-state index in [0.717, 1.165) is 41.6 Å². The summed E-state index contributed by atoms with van der Waals surface area (Å²) in [6, 6.07) is 0.310. The van der Waals surface area contributed by atoms with Gasteiger partial charge in [0.2, 0.25) is 0 Å². The highest BCUT2D eigenvalue weighted by Crippen LogP contribution is 2.34. The minimum atomic E-state index is -0.0452. The number of amidine groups is 1. The van der Waals surface area contributed by atoms with Gasteiger partial charge in [0, 0.05) is 54.7 Å². The molecule has 0 saturated carbocycles. The van der Waals surface area contributed by atoms with Crippen molar-refractivity contribution < 1.29 is 0 Å². The zero-order chi connectivity index (χ0) is 18.5. The van der Waals surface area contributed by atoms with Crippen molar-refractivity contribution >= 4 is 34.8 Å². The number of nitrogens with zero attached hydrogens (tertiary/aromatic N) is 3. The van der Waals surface area contributed by atoms with E-state index in [-0.39, 0.29) is 6.04 Å². The van der Waals surface area contributed by atoms with Crippen molar-refractivity contribution in [3.05, 3.63) is 40.1 Å². The van der Waals surface area contributed by atoms with Crippen LogP contribution in [-0.4, -0.2) is 52.9 Å². The lowest BCUT2D eigenvalue weighted by Gasteiger charge is -2.30. The molecule has 2 aliphatic rings. The summed E-state index contributed by atoms with van der Waals surface area (Å²) >= 11 is 3.41. The Morgan fingerprint density at radius 1 is 1.54 bits per heavy atom. The molecule has 8 heteroatoms. The molecule has 2 atom stereocenters. The first-order valence-corrected chi connectivity index (χ1v) is 10.8. The summed E-state index contributed by atoms with van der Waals surface area (Å²) in [5.41, 5.74) is 2.75. The Hall–Kier alpha value is -1.64. The Bertz CT molecular complexity index is 722. The van der Waals surface area contributed by atoms with Gasteiger partial charge in [-0.25, -0.2) is 4.98 Å². The van der Waals surface area contributed by atoms with Gasteiger partial charge in [-0.15, -0.1) is 11.3 Å². The molecule has 2 unspecified atom stereocenters. The van der Waals surface area contributed by atoms with Gasteiger partial charge < -0.3 is 15.6 Å². The maximum Gasteiger partial charge on any atom is 0.165 e. The smallest absolute Gasteiger partial charge is 0.165 e. The van der Waals surface area contributed by atoms with Gasteiger partial charge >= 0.3 is 0 Å². The van der Waals surface area contributed by atoms with Gasteiger partial charge in [-0.05, 0) is 25.6 Å². The summed E-state index contributed by atoms with van der Waals surface area (Å²) in [5.74, 6) is 2.05. The molecule has 0 bridgehead atoms. The number of aliphatic imine (C=N–C) groups is 1. The van der Waals surface area contributed by atoms with Crippen molar-refractivity contribution in [3.8, 4) is 0 Å². The summed E-state index contributed by atoms with van der Waals surface area (Å²) in [5, 5.41) is 14.4. The molecule has 0 radical (unpaired) electrons. The van der Waals surface area contributed by atoms with Gasteiger partial charge in [-0.3, -0.25) is 9.71 Å². The van der Waals surface area contributed by atoms with Gasteiger partial charge in [0.15, 0.2) is 10.8 Å². The van der Waals surface area contributed by atoms with Gasteiger partial charge in [-0.1, -0.05) is 18.9 Å². The van der Waals surface area contributed by atoms with E-state index in [1.165, 1.54) is 5.70 Å². The summed E-state index contributed by atoms with van der Waals surface area (Å²) < 4.78 is 3.59. The highest BCUT2D eigenvalue weighted by Gasteiger charge is 2.38. The second-order valence-corrected chi connectivity index (χ2v) is 8.17. The number of rotatable bonds is 8. The third-order valence-electron chi connectivity index (χ3n) is 4.36. The Labute approximate surface area is 163 Å². The monoisotopic (exact) mass is 390 g/mol. The van der Waals surface area contributed by atoms with E-state index in [1.807, 2.05) is 24.7 Å². The molecule has 3 rings (SSSR count). The van der Waals surface area contributed by atoms with E-state index in [2.05, 4.69) is 33.8 Å². The van der Waals surface area contributed by atoms with Crippen LogP contribution in [0, 0.1) is 5.41 Å². The SMILES string of the molecule is CCCSNC1CC2=C(C(=N)/C=C\NC)C(C)N=C(c3nccs3)N2C1. The maximum atomic E-state index is 8.52. The minimum Gasteiger partial charge on any atom is -0.394 e. The summed E-state index contributed by atoms with van der Waals surface area (Å²) in [6.45, 7) is 5.13. The molecule has 2 aliphatic heterocycles. The van der Waals surface area contributed by atoms with Gasteiger partial charge in [0.25, 0.3) is 0 Å². The quantitative estimate of drug-likeness (QED) is 0.361. The summed E-state index contributed by atoms with van der Waals surface area (Å²) in [6.07, 6.45) is 7.51. The first-order valence-electron chi connectivity index (χ1n) is 8.94. The van der Waals surface area contributed by atoms with E-state index in [0.29, 0.717) is 11.8 Å². The number of allylic oxidation sites excluding steroid dienone is 1. The van der Waals surface area contributed by atoms with E-state index >= 15 is 0 Å². The second kappa shape index (κ2) is 8.83. The predicted octanol–water partition coefficient (Wildman–Crippen LogP) is 3.02. The van der Waals surface area contributed by atoms with Gasteiger partial charge in [0.05, 0.1) is 11.8 Å². The number of nitrogens with one attached hydrogen (secondary N) is 3. The number of fused-ring (bicyclic) bond motifs is 1. The Balaban J connectivity index is 1.91. The third-order valence-corrected chi connectivity index (χ3v) is 6.24.